The summed E-state index contributed by atoms with van der Waals surface area (Å²) in [4.78, 5) is 14.0. The lowest BCUT2D eigenvalue weighted by molar-refractivity contribution is 0.0525. The van der Waals surface area contributed by atoms with Crippen molar-refractivity contribution in [3.8, 4) is 0 Å². The van der Waals surface area contributed by atoms with Crippen LogP contribution in [0.2, 0.25) is 0 Å². The van der Waals surface area contributed by atoms with Crippen molar-refractivity contribution in [3.63, 3.8) is 0 Å². The minimum Gasteiger partial charge on any atom is -0.444 e. The maximum absolute atomic E-state index is 11.5. The molecule has 2 bridgehead atoms. The van der Waals surface area contributed by atoms with Gasteiger partial charge in [-0.1, -0.05) is 0 Å². The van der Waals surface area contributed by atoms with Crippen LogP contribution >= 0.6 is 0 Å². The Morgan fingerprint density at radius 1 is 1.25 bits per heavy atom. The summed E-state index contributed by atoms with van der Waals surface area (Å²) in [6.45, 7) is 11.0. The van der Waals surface area contributed by atoms with Crippen LogP contribution in [0.25, 0.3) is 0 Å². The normalized spacial score (nSPS) is 29.2. The second kappa shape index (κ2) is 6.76. The van der Waals surface area contributed by atoms with Crippen molar-refractivity contribution >= 4 is 6.09 Å². The van der Waals surface area contributed by atoms with E-state index >= 15 is 0 Å². The van der Waals surface area contributed by atoms with Gasteiger partial charge in [0.05, 0.1) is 0 Å². The van der Waals surface area contributed by atoms with Crippen molar-refractivity contribution in [3.05, 3.63) is 0 Å². The van der Waals surface area contributed by atoms with Crippen LogP contribution in [-0.4, -0.2) is 55.4 Å². The molecule has 5 heteroatoms. The fourth-order valence-electron chi connectivity index (χ4n) is 3.08. The van der Waals surface area contributed by atoms with Crippen molar-refractivity contribution in [2.45, 2.75) is 51.7 Å². The summed E-state index contributed by atoms with van der Waals surface area (Å²) in [6, 6.07) is 0.652. The summed E-state index contributed by atoms with van der Waals surface area (Å²) < 4.78 is 5.20. The highest BCUT2D eigenvalue weighted by Crippen LogP contribution is 2.27. The number of alkyl carbamates (subject to hydrolysis) is 1. The largest absolute Gasteiger partial charge is 0.444 e. The van der Waals surface area contributed by atoms with Gasteiger partial charge in [0.25, 0.3) is 0 Å². The molecule has 1 amide bonds. The minimum absolute atomic E-state index is 0.319. The van der Waals surface area contributed by atoms with E-state index in [1.54, 1.807) is 0 Å². The van der Waals surface area contributed by atoms with Crippen LogP contribution in [0.3, 0.4) is 0 Å². The topological polar surface area (TPSA) is 53.6 Å². The molecule has 3 fully saturated rings. The summed E-state index contributed by atoms with van der Waals surface area (Å²) in [7, 11) is 0. The van der Waals surface area contributed by atoms with Gasteiger partial charge in [0.15, 0.2) is 0 Å². The molecule has 3 heterocycles. The van der Waals surface area contributed by atoms with E-state index in [2.05, 4.69) is 15.5 Å². The molecule has 0 radical (unpaired) electrons. The van der Waals surface area contributed by atoms with Gasteiger partial charge in [-0.05, 0) is 65.6 Å². The van der Waals surface area contributed by atoms with Gasteiger partial charge in [-0.2, -0.15) is 0 Å². The van der Waals surface area contributed by atoms with Crippen molar-refractivity contribution < 1.29 is 9.53 Å². The molecule has 116 valence electrons. The number of nitrogens with zero attached hydrogens (tertiary/aromatic N) is 1. The van der Waals surface area contributed by atoms with E-state index in [1.165, 1.54) is 32.5 Å². The molecule has 0 aromatic rings. The molecular weight excluding hydrogens is 254 g/mol. The maximum Gasteiger partial charge on any atom is 0.407 e. The fourth-order valence-corrected chi connectivity index (χ4v) is 3.08. The molecule has 0 aliphatic carbocycles. The summed E-state index contributed by atoms with van der Waals surface area (Å²) in [5.41, 5.74) is -0.419. The Kier molecular flexibility index (Phi) is 5.27. The lowest BCUT2D eigenvalue weighted by Crippen LogP contribution is -2.56. The molecule has 1 unspecified atom stereocenters. The van der Waals surface area contributed by atoms with Gasteiger partial charge in [-0.15, -0.1) is 0 Å². The number of ether oxygens (including phenoxy) is 1. The van der Waals surface area contributed by atoms with Crippen LogP contribution in [-0.2, 0) is 4.74 Å². The quantitative estimate of drug-likeness (QED) is 0.752. The first-order valence-electron chi connectivity index (χ1n) is 7.86. The van der Waals surface area contributed by atoms with Gasteiger partial charge < -0.3 is 20.3 Å². The average Bonchev–Trinajstić information content (AvgIpc) is 2.37. The lowest BCUT2D eigenvalue weighted by Gasteiger charge is -2.45. The third kappa shape index (κ3) is 4.94. The number of carbonyl (C=O) groups excluding carboxylic acids is 1. The number of hydrogen-bond acceptors (Lipinski definition) is 4. The van der Waals surface area contributed by atoms with Crippen LogP contribution in [0.1, 0.15) is 40.0 Å². The molecule has 3 aliphatic heterocycles. The third-order valence-electron chi connectivity index (χ3n) is 4.08. The van der Waals surface area contributed by atoms with Crippen molar-refractivity contribution in [1.82, 2.24) is 15.5 Å². The Balaban J connectivity index is 1.53. The average molecular weight is 283 g/mol. The first-order valence-corrected chi connectivity index (χ1v) is 7.86. The van der Waals surface area contributed by atoms with Crippen LogP contribution in [0, 0.1) is 5.92 Å². The number of fused-ring (bicyclic) bond motifs is 3. The Labute approximate surface area is 122 Å². The molecule has 3 aliphatic rings. The lowest BCUT2D eigenvalue weighted by atomic mass is 9.84. The standard InChI is InChI=1S/C15H29N3O2/c1-15(2,3)20-14(19)17-8-4-7-16-13-11-18-9-5-12(13)6-10-18/h12-13,16H,4-11H2,1-3H3,(H,17,19). The highest BCUT2D eigenvalue weighted by Gasteiger charge is 2.33. The van der Waals surface area contributed by atoms with Crippen molar-refractivity contribution in [2.24, 2.45) is 5.92 Å². The first-order chi connectivity index (χ1) is 9.44. The van der Waals surface area contributed by atoms with Crippen LogP contribution in [0.5, 0.6) is 0 Å². The summed E-state index contributed by atoms with van der Waals surface area (Å²) in [6.07, 6.45) is 3.31. The highest BCUT2D eigenvalue weighted by atomic mass is 16.6. The molecule has 0 saturated carbocycles. The molecule has 0 aromatic heterocycles. The van der Waals surface area contributed by atoms with Crippen LogP contribution in [0.4, 0.5) is 4.79 Å². The molecule has 3 saturated heterocycles. The molecular formula is C15H29N3O2. The van der Waals surface area contributed by atoms with E-state index in [9.17, 15) is 4.79 Å². The predicted molar refractivity (Wildman–Crippen MR) is 79.8 cm³/mol. The molecule has 2 N–H and O–H groups in total. The number of carbonyl (C=O) groups is 1. The molecule has 3 rings (SSSR count). The Morgan fingerprint density at radius 2 is 1.95 bits per heavy atom. The van der Waals surface area contributed by atoms with E-state index in [4.69, 9.17) is 4.74 Å². The molecule has 20 heavy (non-hydrogen) atoms. The highest BCUT2D eigenvalue weighted by molar-refractivity contribution is 5.67. The van der Waals surface area contributed by atoms with Crippen LogP contribution < -0.4 is 10.6 Å². The molecule has 0 spiro atoms. The maximum atomic E-state index is 11.5. The zero-order valence-corrected chi connectivity index (χ0v) is 13.1. The number of hydrogen-bond donors (Lipinski definition) is 2. The summed E-state index contributed by atoms with van der Waals surface area (Å²) in [5, 5.41) is 6.44. The molecule has 0 aromatic carbocycles. The monoisotopic (exact) mass is 283 g/mol. The zero-order chi connectivity index (χ0) is 14.6. The van der Waals surface area contributed by atoms with E-state index in [0.29, 0.717) is 12.6 Å². The molecule has 1 atom stereocenters. The van der Waals surface area contributed by atoms with Gasteiger partial charge in [-0.25, -0.2) is 4.79 Å². The number of amides is 1. The van der Waals surface area contributed by atoms with Crippen molar-refractivity contribution in [1.29, 1.82) is 0 Å². The Bertz CT molecular complexity index is 320. The van der Waals surface area contributed by atoms with Gasteiger partial charge in [0.2, 0.25) is 0 Å². The van der Waals surface area contributed by atoms with E-state index in [-0.39, 0.29) is 6.09 Å². The Hall–Kier alpha value is -0.810. The predicted octanol–water partition coefficient (Wildman–Crippen LogP) is 1.58. The van der Waals surface area contributed by atoms with Gasteiger partial charge in [-0.3, -0.25) is 0 Å². The second-order valence-corrected chi connectivity index (χ2v) is 6.98. The first kappa shape index (κ1) is 15.6. The third-order valence-corrected chi connectivity index (χ3v) is 4.08. The zero-order valence-electron chi connectivity index (χ0n) is 13.1. The van der Waals surface area contributed by atoms with Crippen LogP contribution in [0.15, 0.2) is 0 Å². The summed E-state index contributed by atoms with van der Waals surface area (Å²) in [5.74, 6) is 0.860. The van der Waals surface area contributed by atoms with Gasteiger partial charge in [0, 0.05) is 19.1 Å². The fraction of sp³-hybridized carbons (Fsp3) is 0.933. The minimum atomic E-state index is -0.419. The van der Waals surface area contributed by atoms with E-state index < -0.39 is 5.60 Å². The number of piperidine rings is 3. The Morgan fingerprint density at radius 3 is 2.50 bits per heavy atom. The SMILES string of the molecule is CC(C)(C)OC(=O)NCCCNC1CN2CCC1CC2. The van der Waals surface area contributed by atoms with Gasteiger partial charge >= 0.3 is 6.09 Å². The van der Waals surface area contributed by atoms with E-state index in [0.717, 1.165) is 18.9 Å². The number of nitrogens with one attached hydrogen (secondary N) is 2. The van der Waals surface area contributed by atoms with Gasteiger partial charge in [0.1, 0.15) is 5.60 Å². The smallest absolute Gasteiger partial charge is 0.407 e. The second-order valence-electron chi connectivity index (χ2n) is 6.98. The summed E-state index contributed by atoms with van der Waals surface area (Å²) >= 11 is 0. The van der Waals surface area contributed by atoms with Crippen molar-refractivity contribution in [2.75, 3.05) is 32.7 Å². The number of rotatable bonds is 5. The molecule has 5 nitrogen and oxygen atoms in total. The van der Waals surface area contributed by atoms with E-state index in [1.807, 2.05) is 20.8 Å².